The molecule has 4 nitrogen and oxygen atoms in total. The minimum absolute atomic E-state index is 0.259. The summed E-state index contributed by atoms with van der Waals surface area (Å²) in [4.78, 5) is 5.30. The lowest BCUT2D eigenvalue weighted by molar-refractivity contribution is 0.391. The average molecular weight is 290 g/mol. The summed E-state index contributed by atoms with van der Waals surface area (Å²) in [6.45, 7) is 0. The van der Waals surface area contributed by atoms with Gasteiger partial charge in [0.15, 0.2) is 0 Å². The van der Waals surface area contributed by atoms with Crippen molar-refractivity contribution < 1.29 is 9.63 Å². The van der Waals surface area contributed by atoms with E-state index in [2.05, 4.69) is 10.1 Å². The molecule has 0 aliphatic carbocycles. The zero-order valence-electron chi connectivity index (χ0n) is 9.81. The van der Waals surface area contributed by atoms with E-state index in [-0.39, 0.29) is 5.75 Å². The zero-order chi connectivity index (χ0) is 13.1. The van der Waals surface area contributed by atoms with Crippen LogP contribution in [-0.2, 0) is 5.75 Å². The van der Waals surface area contributed by atoms with Crippen LogP contribution in [0.4, 0.5) is 0 Å². The van der Waals surface area contributed by atoms with Crippen molar-refractivity contribution >= 4 is 23.1 Å². The van der Waals surface area contributed by atoms with Crippen molar-refractivity contribution in [2.24, 2.45) is 0 Å². The second kappa shape index (κ2) is 5.46. The molecule has 19 heavy (non-hydrogen) atoms. The Labute approximate surface area is 118 Å². The fraction of sp³-hybridized carbons (Fsp3) is 0.0769. The molecule has 2 heterocycles. The smallest absolute Gasteiger partial charge is 0.237 e. The van der Waals surface area contributed by atoms with Gasteiger partial charge in [-0.3, -0.25) is 0 Å². The number of aromatic nitrogens is 2. The molecule has 3 rings (SSSR count). The van der Waals surface area contributed by atoms with E-state index in [1.165, 1.54) is 0 Å². The van der Waals surface area contributed by atoms with Gasteiger partial charge in [-0.25, -0.2) is 0 Å². The number of benzene rings is 1. The topological polar surface area (TPSA) is 59.2 Å². The van der Waals surface area contributed by atoms with Crippen molar-refractivity contribution in [3.63, 3.8) is 0 Å². The van der Waals surface area contributed by atoms with Crippen molar-refractivity contribution in [2.45, 2.75) is 10.6 Å². The van der Waals surface area contributed by atoms with E-state index in [1.807, 2.05) is 29.0 Å². The number of rotatable bonds is 4. The molecule has 0 saturated carbocycles. The molecule has 1 N–H and O–H groups in total. The summed E-state index contributed by atoms with van der Waals surface area (Å²) in [5.41, 5.74) is 0.974. The van der Waals surface area contributed by atoms with E-state index in [0.717, 1.165) is 10.5 Å². The Morgan fingerprint density at radius 2 is 2.26 bits per heavy atom. The Bertz CT molecular complexity index is 665. The van der Waals surface area contributed by atoms with E-state index in [1.54, 1.807) is 35.2 Å². The maximum absolute atomic E-state index is 9.38. The van der Waals surface area contributed by atoms with Crippen LogP contribution in [0, 0.1) is 0 Å². The maximum Gasteiger partial charge on any atom is 0.237 e. The summed E-state index contributed by atoms with van der Waals surface area (Å²) in [5, 5.41) is 17.3. The lowest BCUT2D eigenvalue weighted by Crippen LogP contribution is -1.81. The highest BCUT2D eigenvalue weighted by Crippen LogP contribution is 2.26. The van der Waals surface area contributed by atoms with Gasteiger partial charge in [0.05, 0.1) is 5.75 Å². The summed E-state index contributed by atoms with van der Waals surface area (Å²) in [5.74, 6) is 2.04. The first-order chi connectivity index (χ1) is 9.31. The van der Waals surface area contributed by atoms with Crippen LogP contribution in [0.15, 0.2) is 50.5 Å². The number of hydrogen-bond donors (Lipinski definition) is 1. The van der Waals surface area contributed by atoms with Gasteiger partial charge in [0.1, 0.15) is 5.75 Å². The molecule has 0 bridgehead atoms. The second-order valence-corrected chi connectivity index (χ2v) is 5.64. The predicted molar refractivity (Wildman–Crippen MR) is 75.3 cm³/mol. The highest BCUT2D eigenvalue weighted by molar-refractivity contribution is 7.98. The molecule has 0 fully saturated rings. The first-order valence-electron chi connectivity index (χ1n) is 5.58. The van der Waals surface area contributed by atoms with Gasteiger partial charge in [-0.2, -0.15) is 16.3 Å². The zero-order valence-corrected chi connectivity index (χ0v) is 11.4. The highest BCUT2D eigenvalue weighted by atomic mass is 32.2. The van der Waals surface area contributed by atoms with Gasteiger partial charge in [-0.05, 0) is 29.6 Å². The number of thioether (sulfide) groups is 1. The number of thiophene rings is 1. The molecule has 0 amide bonds. The number of aromatic hydroxyl groups is 1. The molecule has 0 spiro atoms. The van der Waals surface area contributed by atoms with Crippen LogP contribution in [0.3, 0.4) is 0 Å². The molecule has 0 unspecified atom stereocenters. The van der Waals surface area contributed by atoms with Crippen molar-refractivity contribution in [2.75, 3.05) is 0 Å². The van der Waals surface area contributed by atoms with Crippen LogP contribution < -0.4 is 0 Å². The van der Waals surface area contributed by atoms with Crippen molar-refractivity contribution in [3.05, 3.63) is 47.0 Å². The quantitative estimate of drug-likeness (QED) is 0.741. The van der Waals surface area contributed by atoms with Gasteiger partial charge in [0, 0.05) is 15.8 Å². The van der Waals surface area contributed by atoms with E-state index in [9.17, 15) is 5.11 Å². The Balaban J connectivity index is 1.68. The first kappa shape index (κ1) is 12.3. The number of nitrogens with zero attached hydrogens (tertiary/aromatic N) is 2. The third-order valence-corrected chi connectivity index (χ3v) is 4.09. The number of phenolic OH excluding ortho intramolecular Hbond substituents is 1. The van der Waals surface area contributed by atoms with Gasteiger partial charge >= 0.3 is 0 Å². The van der Waals surface area contributed by atoms with Crippen molar-refractivity contribution in [3.8, 4) is 17.1 Å². The molecule has 0 atom stereocenters. The van der Waals surface area contributed by atoms with E-state index >= 15 is 0 Å². The second-order valence-electron chi connectivity index (χ2n) is 3.81. The van der Waals surface area contributed by atoms with Gasteiger partial charge < -0.3 is 9.63 Å². The van der Waals surface area contributed by atoms with Crippen LogP contribution in [0.2, 0.25) is 0 Å². The minimum atomic E-state index is 0.259. The van der Waals surface area contributed by atoms with Gasteiger partial charge in [0.2, 0.25) is 11.7 Å². The average Bonchev–Trinajstić information content (AvgIpc) is 3.07. The summed E-state index contributed by atoms with van der Waals surface area (Å²) >= 11 is 3.15. The minimum Gasteiger partial charge on any atom is -0.508 e. The molecule has 0 aliphatic rings. The molecule has 1 aromatic carbocycles. The lowest BCUT2D eigenvalue weighted by atomic mass is 10.3. The Kier molecular flexibility index (Phi) is 3.52. The Hall–Kier alpha value is -1.79. The standard InChI is InChI=1S/C13H10N2O2S2/c16-10-2-1-3-11(6-10)19-8-12-14-13(15-17-12)9-4-5-18-7-9/h1-7,16H,8H2. The summed E-state index contributed by atoms with van der Waals surface area (Å²) < 4.78 is 5.20. The fourth-order valence-corrected chi connectivity index (χ4v) is 2.96. The van der Waals surface area contributed by atoms with Gasteiger partial charge in [-0.1, -0.05) is 11.2 Å². The summed E-state index contributed by atoms with van der Waals surface area (Å²) in [7, 11) is 0. The molecule has 0 radical (unpaired) electrons. The first-order valence-corrected chi connectivity index (χ1v) is 7.51. The van der Waals surface area contributed by atoms with Crippen molar-refractivity contribution in [1.82, 2.24) is 10.1 Å². The predicted octanol–water partition coefficient (Wildman–Crippen LogP) is 3.80. The van der Waals surface area contributed by atoms with Crippen LogP contribution in [0.5, 0.6) is 5.75 Å². The number of phenols is 1. The number of hydrogen-bond acceptors (Lipinski definition) is 6. The lowest BCUT2D eigenvalue weighted by Gasteiger charge is -1.98. The molecule has 96 valence electrons. The SMILES string of the molecule is Oc1cccc(SCc2nc(-c3ccsc3)no2)c1. The normalized spacial score (nSPS) is 10.7. The van der Waals surface area contributed by atoms with Gasteiger partial charge in [0.25, 0.3) is 0 Å². The molecular formula is C13H10N2O2S2. The molecule has 0 aliphatic heterocycles. The third kappa shape index (κ3) is 2.97. The maximum atomic E-state index is 9.38. The molecule has 3 aromatic rings. The van der Waals surface area contributed by atoms with Gasteiger partial charge in [-0.15, -0.1) is 11.8 Å². The third-order valence-electron chi connectivity index (χ3n) is 2.43. The molecular weight excluding hydrogens is 280 g/mol. The van der Waals surface area contributed by atoms with Crippen LogP contribution in [0.1, 0.15) is 5.89 Å². The summed E-state index contributed by atoms with van der Waals surface area (Å²) in [6.07, 6.45) is 0. The monoisotopic (exact) mass is 290 g/mol. The largest absolute Gasteiger partial charge is 0.508 e. The Morgan fingerprint density at radius 3 is 3.05 bits per heavy atom. The molecule has 2 aromatic heterocycles. The van der Waals surface area contributed by atoms with E-state index < -0.39 is 0 Å². The van der Waals surface area contributed by atoms with E-state index in [4.69, 9.17) is 4.52 Å². The van der Waals surface area contributed by atoms with Crippen LogP contribution in [0.25, 0.3) is 11.4 Å². The fourth-order valence-electron chi connectivity index (χ4n) is 1.54. The summed E-state index contributed by atoms with van der Waals surface area (Å²) in [6, 6.07) is 9.05. The molecule has 0 saturated heterocycles. The van der Waals surface area contributed by atoms with Crippen LogP contribution in [-0.4, -0.2) is 15.2 Å². The van der Waals surface area contributed by atoms with E-state index in [0.29, 0.717) is 17.5 Å². The Morgan fingerprint density at radius 1 is 1.32 bits per heavy atom. The highest BCUT2D eigenvalue weighted by Gasteiger charge is 2.09. The van der Waals surface area contributed by atoms with Crippen molar-refractivity contribution in [1.29, 1.82) is 0 Å². The van der Waals surface area contributed by atoms with Crippen LogP contribution >= 0.6 is 23.1 Å². The molecule has 6 heteroatoms.